The molecule has 98 valence electrons. The molecule has 2 fully saturated rings. The van der Waals surface area contributed by atoms with Gasteiger partial charge in [0, 0.05) is 31.2 Å². The molecule has 0 saturated carbocycles. The molecule has 2 N–H and O–H groups in total. The van der Waals surface area contributed by atoms with Crippen LogP contribution < -0.4 is 5.32 Å². The lowest BCUT2D eigenvalue weighted by Gasteiger charge is -2.37. The van der Waals surface area contributed by atoms with E-state index in [1.807, 2.05) is 0 Å². The summed E-state index contributed by atoms with van der Waals surface area (Å²) < 4.78 is 0. The second-order valence-electron chi connectivity index (χ2n) is 5.97. The molecule has 2 atom stereocenters. The van der Waals surface area contributed by atoms with Crippen LogP contribution in [0.5, 0.6) is 0 Å². The highest BCUT2D eigenvalue weighted by atomic mass is 16.3. The number of aliphatic hydroxyl groups excluding tert-OH is 1. The highest BCUT2D eigenvalue weighted by Crippen LogP contribution is 2.35. The van der Waals surface area contributed by atoms with E-state index in [1.54, 1.807) is 0 Å². The number of nitrogens with zero attached hydrogens (tertiary/aromatic N) is 1. The predicted octanol–water partition coefficient (Wildman–Crippen LogP) is 1.53. The van der Waals surface area contributed by atoms with Gasteiger partial charge < -0.3 is 10.4 Å². The first-order chi connectivity index (χ1) is 8.06. The summed E-state index contributed by atoms with van der Waals surface area (Å²) in [6, 6.07) is 1.71. The Labute approximate surface area is 105 Å². The first-order valence-corrected chi connectivity index (χ1v) is 6.90. The van der Waals surface area contributed by atoms with Crippen LogP contribution in [0.15, 0.2) is 12.2 Å². The number of rotatable bonds is 5. The molecule has 0 spiro atoms. The maximum absolute atomic E-state index is 9.76. The first-order valence-electron chi connectivity index (χ1n) is 6.90. The van der Waals surface area contributed by atoms with Gasteiger partial charge in [-0.15, -0.1) is 0 Å². The summed E-state index contributed by atoms with van der Waals surface area (Å²) in [5.41, 5.74) is 1.27. The molecule has 0 aromatic carbocycles. The topological polar surface area (TPSA) is 35.5 Å². The van der Waals surface area contributed by atoms with Gasteiger partial charge in [0.15, 0.2) is 0 Å². The minimum Gasteiger partial charge on any atom is -0.393 e. The molecule has 0 radical (unpaired) electrons. The Bertz CT molecular complexity index is 263. The average molecular weight is 238 g/mol. The highest BCUT2D eigenvalue weighted by molar-refractivity contribution is 5.05. The summed E-state index contributed by atoms with van der Waals surface area (Å²) in [6.45, 7) is 10.4. The van der Waals surface area contributed by atoms with E-state index in [0.717, 1.165) is 25.9 Å². The summed E-state index contributed by atoms with van der Waals surface area (Å²) in [5, 5.41) is 13.2. The van der Waals surface area contributed by atoms with Crippen molar-refractivity contribution >= 4 is 0 Å². The lowest BCUT2D eigenvalue weighted by molar-refractivity contribution is 0.0405. The van der Waals surface area contributed by atoms with Gasteiger partial charge in [-0.3, -0.25) is 4.90 Å². The van der Waals surface area contributed by atoms with Crippen molar-refractivity contribution in [2.45, 2.75) is 63.8 Å². The van der Waals surface area contributed by atoms with Crippen molar-refractivity contribution in [3.8, 4) is 0 Å². The van der Waals surface area contributed by atoms with Gasteiger partial charge in [-0.05, 0) is 31.3 Å². The van der Waals surface area contributed by atoms with Crippen LogP contribution in [0.1, 0.15) is 39.5 Å². The van der Waals surface area contributed by atoms with Gasteiger partial charge in [0.25, 0.3) is 0 Å². The van der Waals surface area contributed by atoms with Crippen molar-refractivity contribution in [3.63, 3.8) is 0 Å². The Morgan fingerprint density at radius 1 is 1.35 bits per heavy atom. The van der Waals surface area contributed by atoms with Crippen molar-refractivity contribution in [2.75, 3.05) is 13.1 Å². The maximum atomic E-state index is 9.76. The zero-order valence-electron chi connectivity index (χ0n) is 11.2. The van der Waals surface area contributed by atoms with Crippen LogP contribution in [0.25, 0.3) is 0 Å². The number of nitrogens with one attached hydrogen (secondary N) is 1. The van der Waals surface area contributed by atoms with Gasteiger partial charge in [0.05, 0.1) is 6.10 Å². The van der Waals surface area contributed by atoms with Crippen molar-refractivity contribution in [2.24, 2.45) is 0 Å². The number of fused-ring (bicyclic) bond motifs is 2. The largest absolute Gasteiger partial charge is 0.393 e. The molecular weight excluding hydrogens is 212 g/mol. The number of aliphatic hydroxyl groups is 1. The zero-order valence-corrected chi connectivity index (χ0v) is 11.2. The fraction of sp³-hybridized carbons (Fsp3) is 0.857. The quantitative estimate of drug-likeness (QED) is 0.713. The van der Waals surface area contributed by atoms with Crippen LogP contribution in [-0.4, -0.2) is 47.3 Å². The first kappa shape index (κ1) is 13.1. The van der Waals surface area contributed by atoms with Gasteiger partial charge in [-0.2, -0.15) is 0 Å². The minimum atomic E-state index is -0.0641. The van der Waals surface area contributed by atoms with Gasteiger partial charge in [0.2, 0.25) is 0 Å². The molecule has 2 aliphatic rings. The second-order valence-corrected chi connectivity index (χ2v) is 5.97. The van der Waals surface area contributed by atoms with Crippen LogP contribution in [0.4, 0.5) is 0 Å². The lowest BCUT2D eigenvalue weighted by Crippen LogP contribution is -2.46. The van der Waals surface area contributed by atoms with E-state index in [9.17, 15) is 5.11 Å². The molecule has 0 aromatic rings. The number of hydrogen-bond donors (Lipinski definition) is 2. The Hall–Kier alpha value is -0.380. The van der Waals surface area contributed by atoms with E-state index in [-0.39, 0.29) is 6.10 Å². The van der Waals surface area contributed by atoms with E-state index < -0.39 is 0 Å². The van der Waals surface area contributed by atoms with Crippen molar-refractivity contribution in [3.05, 3.63) is 12.2 Å². The molecule has 3 heteroatoms. The summed E-state index contributed by atoms with van der Waals surface area (Å²) >= 11 is 0. The van der Waals surface area contributed by atoms with Gasteiger partial charge in [0.1, 0.15) is 0 Å². The fourth-order valence-corrected chi connectivity index (χ4v) is 3.17. The van der Waals surface area contributed by atoms with Crippen LogP contribution in [0, 0.1) is 0 Å². The zero-order chi connectivity index (χ0) is 12.4. The van der Waals surface area contributed by atoms with E-state index in [4.69, 9.17) is 0 Å². The van der Waals surface area contributed by atoms with Crippen LogP contribution in [0.2, 0.25) is 0 Å². The summed E-state index contributed by atoms with van der Waals surface area (Å²) in [7, 11) is 0. The molecular formula is C14H26N2O. The molecule has 0 aliphatic carbocycles. The third kappa shape index (κ3) is 3.30. The summed E-state index contributed by atoms with van der Waals surface area (Å²) in [4.78, 5) is 2.57. The second kappa shape index (κ2) is 5.51. The Morgan fingerprint density at radius 3 is 2.47 bits per heavy atom. The minimum absolute atomic E-state index is 0.0641. The van der Waals surface area contributed by atoms with Crippen molar-refractivity contribution in [1.82, 2.24) is 10.2 Å². The predicted molar refractivity (Wildman–Crippen MR) is 71.0 cm³/mol. The Balaban J connectivity index is 1.81. The number of hydrogen-bond acceptors (Lipinski definition) is 3. The molecule has 2 aliphatic heterocycles. The number of piperidine rings is 1. The molecule has 0 aromatic heterocycles. The van der Waals surface area contributed by atoms with Gasteiger partial charge in [-0.1, -0.05) is 20.4 Å². The van der Waals surface area contributed by atoms with Gasteiger partial charge in [-0.25, -0.2) is 0 Å². The molecule has 2 unspecified atom stereocenters. The third-order valence-corrected chi connectivity index (χ3v) is 4.03. The van der Waals surface area contributed by atoms with E-state index in [1.165, 1.54) is 18.4 Å². The molecule has 17 heavy (non-hydrogen) atoms. The maximum Gasteiger partial charge on any atom is 0.0570 e. The smallest absolute Gasteiger partial charge is 0.0570 e. The standard InChI is InChI=1S/C14H26N2O/c1-10(2)15-8-11(3)9-16-12-4-5-13(16)7-14(17)6-12/h10,12-15,17H,3-9H2,1-2H3. The van der Waals surface area contributed by atoms with E-state index >= 15 is 0 Å². The molecule has 2 rings (SSSR count). The lowest BCUT2D eigenvalue weighted by atomic mass is 9.99. The Kier molecular flexibility index (Phi) is 4.23. The molecule has 2 saturated heterocycles. The molecule has 0 amide bonds. The highest BCUT2D eigenvalue weighted by Gasteiger charge is 2.39. The molecule has 2 bridgehead atoms. The van der Waals surface area contributed by atoms with Crippen molar-refractivity contribution < 1.29 is 5.11 Å². The van der Waals surface area contributed by atoms with Crippen LogP contribution >= 0.6 is 0 Å². The normalized spacial score (nSPS) is 33.3. The van der Waals surface area contributed by atoms with Crippen molar-refractivity contribution in [1.29, 1.82) is 0 Å². The summed E-state index contributed by atoms with van der Waals surface area (Å²) in [5.74, 6) is 0. The summed E-state index contributed by atoms with van der Waals surface area (Å²) in [6.07, 6.45) is 4.37. The van der Waals surface area contributed by atoms with Crippen LogP contribution in [0.3, 0.4) is 0 Å². The van der Waals surface area contributed by atoms with Gasteiger partial charge >= 0.3 is 0 Å². The fourth-order valence-electron chi connectivity index (χ4n) is 3.17. The SMILES string of the molecule is C=C(CNC(C)C)CN1C2CCC1CC(O)C2. The average Bonchev–Trinajstić information content (AvgIpc) is 2.49. The monoisotopic (exact) mass is 238 g/mol. The van der Waals surface area contributed by atoms with Crippen LogP contribution in [-0.2, 0) is 0 Å². The third-order valence-electron chi connectivity index (χ3n) is 4.03. The molecule has 2 heterocycles. The van der Waals surface area contributed by atoms with E-state index in [2.05, 4.69) is 30.6 Å². The Morgan fingerprint density at radius 2 is 1.94 bits per heavy atom. The van der Waals surface area contributed by atoms with E-state index in [0.29, 0.717) is 18.1 Å². The molecule has 3 nitrogen and oxygen atoms in total.